The Balaban J connectivity index is 0.000000240. The molecule has 3 N–H and O–H groups in total. The summed E-state index contributed by atoms with van der Waals surface area (Å²) >= 11 is 4.95. The Morgan fingerprint density at radius 3 is 1.92 bits per heavy atom. The van der Waals surface area contributed by atoms with Gasteiger partial charge in [-0.3, -0.25) is 0 Å². The molecule has 2 aromatic rings. The van der Waals surface area contributed by atoms with Crippen molar-refractivity contribution < 1.29 is 9.42 Å². The molecule has 132 valence electrons. The highest BCUT2D eigenvalue weighted by molar-refractivity contribution is 8.13. The van der Waals surface area contributed by atoms with Crippen LogP contribution in [0.4, 0.5) is 0 Å². The molecule has 0 amide bonds. The van der Waals surface area contributed by atoms with Crippen LogP contribution in [0.15, 0.2) is 54.6 Å². The summed E-state index contributed by atoms with van der Waals surface area (Å²) < 4.78 is 5.10. The van der Waals surface area contributed by atoms with Crippen LogP contribution in [0.1, 0.15) is 50.8 Å². The molecular formula is C19H28NO2PS. The molecule has 3 nitrogen and oxygen atoms in total. The summed E-state index contributed by atoms with van der Waals surface area (Å²) in [6, 6.07) is 17.8. The third-order valence-corrected chi connectivity index (χ3v) is 6.02. The van der Waals surface area contributed by atoms with Crippen molar-refractivity contribution in [3.8, 4) is 0 Å². The molecule has 0 aromatic heterocycles. The Morgan fingerprint density at radius 2 is 1.50 bits per heavy atom. The predicted molar refractivity (Wildman–Crippen MR) is 107 cm³/mol. The second-order valence-electron chi connectivity index (χ2n) is 5.88. The fourth-order valence-electron chi connectivity index (χ4n) is 2.05. The lowest BCUT2D eigenvalue weighted by atomic mass is 10.00. The molecule has 24 heavy (non-hydrogen) atoms. The topological polar surface area (TPSA) is 55.5 Å². The molecular weight excluding hydrogens is 337 g/mol. The third-order valence-electron chi connectivity index (χ3n) is 3.52. The van der Waals surface area contributed by atoms with Gasteiger partial charge in [-0.1, -0.05) is 56.3 Å². The summed E-state index contributed by atoms with van der Waals surface area (Å²) in [5.41, 5.74) is 8.32. The lowest BCUT2D eigenvalue weighted by molar-refractivity contribution is 0.335. The van der Waals surface area contributed by atoms with Crippen molar-refractivity contribution in [2.24, 2.45) is 5.73 Å². The summed E-state index contributed by atoms with van der Waals surface area (Å²) in [6.45, 7) is 5.95. The van der Waals surface area contributed by atoms with Crippen molar-refractivity contribution in [3.63, 3.8) is 0 Å². The van der Waals surface area contributed by atoms with Gasteiger partial charge in [-0.2, -0.15) is 0 Å². The number of rotatable bonds is 5. The van der Waals surface area contributed by atoms with E-state index in [2.05, 4.69) is 38.1 Å². The molecule has 1 unspecified atom stereocenters. The predicted octanol–water partition coefficient (Wildman–Crippen LogP) is 4.48. The van der Waals surface area contributed by atoms with Crippen molar-refractivity contribution in [3.05, 3.63) is 65.7 Å². The van der Waals surface area contributed by atoms with Gasteiger partial charge in [0.2, 0.25) is 6.49 Å². The van der Waals surface area contributed by atoms with Gasteiger partial charge in [0.15, 0.2) is 0 Å². The van der Waals surface area contributed by atoms with Crippen LogP contribution in [0.5, 0.6) is 0 Å². The summed E-state index contributed by atoms with van der Waals surface area (Å²) in [4.78, 5) is 9.69. The maximum atomic E-state index is 9.69. The number of benzene rings is 2. The molecule has 0 bridgehead atoms. The van der Waals surface area contributed by atoms with Crippen molar-refractivity contribution in [1.82, 2.24) is 0 Å². The number of hydrogen-bond donors (Lipinski definition) is 2. The molecule has 0 aliphatic heterocycles. The molecule has 0 aliphatic rings. The molecule has 0 radical (unpaired) electrons. The van der Waals surface area contributed by atoms with E-state index in [1.807, 2.05) is 32.0 Å². The SMILES string of the molecule is CC(C)c1ccc([C@@H](C)N)cc1.CCOP(O)(=S)c1ccccc1. The molecule has 0 heterocycles. The average Bonchev–Trinajstić information content (AvgIpc) is 2.56. The zero-order valence-electron chi connectivity index (χ0n) is 14.8. The van der Waals surface area contributed by atoms with Crippen LogP contribution < -0.4 is 11.0 Å². The molecule has 0 saturated carbocycles. The number of hydrogen-bond acceptors (Lipinski definition) is 3. The van der Waals surface area contributed by atoms with E-state index in [1.165, 1.54) is 11.1 Å². The lowest BCUT2D eigenvalue weighted by Crippen LogP contribution is -2.05. The van der Waals surface area contributed by atoms with E-state index < -0.39 is 6.49 Å². The summed E-state index contributed by atoms with van der Waals surface area (Å²) in [5.74, 6) is 0.604. The van der Waals surface area contributed by atoms with Gasteiger partial charge in [-0.25, -0.2) is 0 Å². The van der Waals surface area contributed by atoms with Crippen LogP contribution in [0.2, 0.25) is 0 Å². The zero-order valence-corrected chi connectivity index (χ0v) is 16.6. The van der Waals surface area contributed by atoms with Gasteiger partial charge in [0.05, 0.1) is 6.61 Å². The third kappa shape index (κ3) is 6.84. The van der Waals surface area contributed by atoms with Crippen LogP contribution in [0.25, 0.3) is 0 Å². The van der Waals surface area contributed by atoms with Gasteiger partial charge in [0.1, 0.15) is 0 Å². The Morgan fingerprint density at radius 1 is 1.00 bits per heavy atom. The molecule has 0 aliphatic carbocycles. The maximum absolute atomic E-state index is 9.69. The van der Waals surface area contributed by atoms with Crippen LogP contribution in [0, 0.1) is 0 Å². The standard InChI is InChI=1S/C11H17N.C8H11O2PS/c1-8(2)10-4-6-11(7-5-10)9(3)12;1-2-10-11(9,12)8-6-4-3-5-7-8/h4-9H,12H2,1-3H3;3-7H,2H2,1H3,(H,9,12)/t9-;/m1./s1. The maximum Gasteiger partial charge on any atom is 0.216 e. The van der Waals surface area contributed by atoms with Crippen LogP contribution >= 0.6 is 6.49 Å². The minimum Gasteiger partial charge on any atom is -0.342 e. The normalized spacial score (nSPS) is 14.5. The summed E-state index contributed by atoms with van der Waals surface area (Å²) in [7, 11) is 0. The van der Waals surface area contributed by atoms with Crippen molar-refractivity contribution in [2.45, 2.75) is 39.7 Å². The van der Waals surface area contributed by atoms with Crippen molar-refractivity contribution in [1.29, 1.82) is 0 Å². The average molecular weight is 365 g/mol. The lowest BCUT2D eigenvalue weighted by Gasteiger charge is -2.13. The Labute approximate surface area is 151 Å². The van der Waals surface area contributed by atoms with E-state index in [0.29, 0.717) is 17.8 Å². The van der Waals surface area contributed by atoms with Crippen molar-refractivity contribution >= 4 is 23.6 Å². The van der Waals surface area contributed by atoms with Gasteiger partial charge >= 0.3 is 0 Å². The smallest absolute Gasteiger partial charge is 0.216 e. The quantitative estimate of drug-likeness (QED) is 0.767. The first-order valence-electron chi connectivity index (χ1n) is 8.16. The van der Waals surface area contributed by atoms with E-state index in [4.69, 9.17) is 22.1 Å². The van der Waals surface area contributed by atoms with Gasteiger partial charge in [-0.05, 0) is 54.8 Å². The van der Waals surface area contributed by atoms with Gasteiger partial charge in [0, 0.05) is 11.3 Å². The van der Waals surface area contributed by atoms with Crippen LogP contribution in [0.3, 0.4) is 0 Å². The fraction of sp³-hybridized carbons (Fsp3) is 0.368. The Kier molecular flexibility index (Phi) is 8.82. The fourth-order valence-corrected chi connectivity index (χ4v) is 3.78. The molecule has 0 saturated heterocycles. The monoisotopic (exact) mass is 365 g/mol. The minimum atomic E-state index is -2.71. The Bertz CT molecular complexity index is 615. The molecule has 2 aromatic carbocycles. The van der Waals surface area contributed by atoms with E-state index in [9.17, 15) is 4.89 Å². The van der Waals surface area contributed by atoms with E-state index >= 15 is 0 Å². The van der Waals surface area contributed by atoms with Crippen LogP contribution in [-0.2, 0) is 16.3 Å². The summed E-state index contributed by atoms with van der Waals surface area (Å²) in [5, 5.41) is 0.710. The minimum absolute atomic E-state index is 0.145. The van der Waals surface area contributed by atoms with E-state index in [1.54, 1.807) is 12.1 Å². The molecule has 5 heteroatoms. The van der Waals surface area contributed by atoms with E-state index in [0.717, 1.165) is 0 Å². The van der Waals surface area contributed by atoms with E-state index in [-0.39, 0.29) is 6.04 Å². The second kappa shape index (κ2) is 10.1. The van der Waals surface area contributed by atoms with Crippen LogP contribution in [-0.4, -0.2) is 11.5 Å². The van der Waals surface area contributed by atoms with Gasteiger partial charge in [0.25, 0.3) is 0 Å². The number of nitrogens with two attached hydrogens (primary N) is 1. The molecule has 0 spiro atoms. The Hall–Kier alpha value is -1.03. The molecule has 2 rings (SSSR count). The summed E-state index contributed by atoms with van der Waals surface area (Å²) in [6.07, 6.45) is 0. The van der Waals surface area contributed by atoms with Crippen molar-refractivity contribution in [2.75, 3.05) is 6.61 Å². The van der Waals surface area contributed by atoms with Gasteiger partial charge in [-0.15, -0.1) is 0 Å². The highest BCUT2D eigenvalue weighted by atomic mass is 32.5. The first-order valence-corrected chi connectivity index (χ1v) is 10.8. The molecule has 0 fully saturated rings. The highest BCUT2D eigenvalue weighted by Crippen LogP contribution is 2.40. The first-order chi connectivity index (χ1) is 11.3. The second-order valence-corrected chi connectivity index (χ2v) is 9.18. The first kappa shape index (κ1) is 21.0. The zero-order chi connectivity index (χ0) is 18.2. The molecule has 2 atom stereocenters. The van der Waals surface area contributed by atoms with Gasteiger partial charge < -0.3 is 15.2 Å². The highest BCUT2D eigenvalue weighted by Gasteiger charge is 2.14. The largest absolute Gasteiger partial charge is 0.342 e.